The molecule has 1 atom stereocenters. The zero-order valence-electron chi connectivity index (χ0n) is 9.42. The Morgan fingerprint density at radius 1 is 1.31 bits per heavy atom. The van der Waals surface area contributed by atoms with Crippen LogP contribution in [0.4, 0.5) is 0 Å². The third-order valence-electron chi connectivity index (χ3n) is 2.48. The molecule has 0 saturated carbocycles. The molecule has 1 aromatic heterocycles. The molecule has 0 radical (unpaired) electrons. The first-order valence-corrected chi connectivity index (χ1v) is 6.37. The van der Waals surface area contributed by atoms with Crippen LogP contribution in [0.25, 0.3) is 5.69 Å². The Morgan fingerprint density at radius 3 is 2.56 bits per heavy atom. The summed E-state index contributed by atoms with van der Waals surface area (Å²) in [6.07, 6.45) is 5.68. The maximum Gasteiger partial charge on any atom is 0.0994 e. The van der Waals surface area contributed by atoms with Crippen LogP contribution < -0.4 is 5.73 Å². The zero-order chi connectivity index (χ0) is 11.5. The Kier molecular flexibility index (Phi) is 3.31. The highest BCUT2D eigenvalue weighted by atomic mass is 32.2. The van der Waals surface area contributed by atoms with E-state index in [1.165, 1.54) is 4.90 Å². The van der Waals surface area contributed by atoms with Gasteiger partial charge in [-0.25, -0.2) is 4.98 Å². The van der Waals surface area contributed by atoms with E-state index in [9.17, 15) is 0 Å². The molecular weight excluding hydrogens is 218 g/mol. The van der Waals surface area contributed by atoms with Crippen molar-refractivity contribution in [1.82, 2.24) is 9.55 Å². The van der Waals surface area contributed by atoms with Crippen molar-refractivity contribution in [2.24, 2.45) is 5.73 Å². The molecule has 1 aromatic carbocycles. The average molecular weight is 233 g/mol. The minimum Gasteiger partial charge on any atom is -0.323 e. The quantitative estimate of drug-likeness (QED) is 0.829. The molecule has 2 rings (SSSR count). The number of nitrogens with zero attached hydrogens (tertiary/aromatic N) is 2. The second-order valence-electron chi connectivity index (χ2n) is 3.68. The second-order valence-corrected chi connectivity index (χ2v) is 4.55. The van der Waals surface area contributed by atoms with Gasteiger partial charge in [-0.05, 0) is 37.4 Å². The predicted molar refractivity (Wildman–Crippen MR) is 67.9 cm³/mol. The van der Waals surface area contributed by atoms with Crippen molar-refractivity contribution in [3.05, 3.63) is 42.5 Å². The van der Waals surface area contributed by atoms with Gasteiger partial charge in [-0.15, -0.1) is 11.8 Å². The van der Waals surface area contributed by atoms with Crippen LogP contribution in [0.3, 0.4) is 0 Å². The van der Waals surface area contributed by atoms with Crippen LogP contribution in [0.2, 0.25) is 0 Å². The lowest BCUT2D eigenvalue weighted by molar-refractivity contribution is 0.752. The molecule has 84 valence electrons. The first kappa shape index (κ1) is 11.2. The highest BCUT2D eigenvalue weighted by Gasteiger charge is 2.07. The molecule has 0 saturated heterocycles. The summed E-state index contributed by atoms with van der Waals surface area (Å²) in [5.74, 6) is 0. The van der Waals surface area contributed by atoms with Crippen LogP contribution >= 0.6 is 11.8 Å². The first-order chi connectivity index (χ1) is 7.72. The van der Waals surface area contributed by atoms with E-state index in [1.54, 1.807) is 18.1 Å². The van der Waals surface area contributed by atoms with Crippen molar-refractivity contribution < 1.29 is 0 Å². The molecule has 0 amide bonds. The Bertz CT molecular complexity index is 459. The number of hydrogen-bond donors (Lipinski definition) is 1. The number of imidazole rings is 1. The van der Waals surface area contributed by atoms with Crippen LogP contribution in [-0.4, -0.2) is 15.8 Å². The molecule has 3 nitrogen and oxygen atoms in total. The van der Waals surface area contributed by atoms with E-state index in [4.69, 9.17) is 5.73 Å². The van der Waals surface area contributed by atoms with Crippen LogP contribution in [-0.2, 0) is 0 Å². The maximum atomic E-state index is 5.89. The van der Waals surface area contributed by atoms with Gasteiger partial charge in [0.05, 0.1) is 18.2 Å². The third-order valence-corrected chi connectivity index (χ3v) is 3.23. The van der Waals surface area contributed by atoms with Crippen LogP contribution in [0.1, 0.15) is 18.7 Å². The van der Waals surface area contributed by atoms with Crippen LogP contribution in [0.15, 0.2) is 41.7 Å². The average Bonchev–Trinajstić information content (AvgIpc) is 2.78. The number of rotatable bonds is 3. The first-order valence-electron chi connectivity index (χ1n) is 5.14. The second kappa shape index (κ2) is 4.72. The fourth-order valence-corrected chi connectivity index (χ4v) is 2.01. The highest BCUT2D eigenvalue weighted by Crippen LogP contribution is 2.19. The summed E-state index contributed by atoms with van der Waals surface area (Å²) in [5.41, 5.74) is 8.01. The highest BCUT2D eigenvalue weighted by molar-refractivity contribution is 7.98. The van der Waals surface area contributed by atoms with E-state index >= 15 is 0 Å². The maximum absolute atomic E-state index is 5.89. The van der Waals surface area contributed by atoms with Crippen molar-refractivity contribution in [2.45, 2.75) is 17.9 Å². The van der Waals surface area contributed by atoms with Gasteiger partial charge in [0, 0.05) is 16.6 Å². The van der Waals surface area contributed by atoms with E-state index in [2.05, 4.69) is 35.5 Å². The Morgan fingerprint density at radius 2 is 2.00 bits per heavy atom. The van der Waals surface area contributed by atoms with Crippen molar-refractivity contribution in [3.63, 3.8) is 0 Å². The topological polar surface area (TPSA) is 43.8 Å². The fourth-order valence-electron chi connectivity index (χ4n) is 1.60. The molecule has 1 heterocycles. The largest absolute Gasteiger partial charge is 0.323 e. The van der Waals surface area contributed by atoms with Crippen molar-refractivity contribution in [1.29, 1.82) is 0 Å². The van der Waals surface area contributed by atoms with Gasteiger partial charge in [-0.2, -0.15) is 0 Å². The minimum absolute atomic E-state index is 0.0114. The summed E-state index contributed by atoms with van der Waals surface area (Å²) in [6.45, 7) is 1.96. The summed E-state index contributed by atoms with van der Waals surface area (Å²) >= 11 is 1.74. The number of hydrogen-bond acceptors (Lipinski definition) is 3. The van der Waals surface area contributed by atoms with Crippen molar-refractivity contribution in [3.8, 4) is 5.69 Å². The summed E-state index contributed by atoms with van der Waals surface area (Å²) in [6, 6.07) is 8.36. The lowest BCUT2D eigenvalue weighted by Crippen LogP contribution is -2.10. The SMILES string of the molecule is CSc1ccc(-n2cncc2[C@H](C)N)cc1. The number of nitrogens with two attached hydrogens (primary N) is 1. The predicted octanol–water partition coefficient (Wildman–Crippen LogP) is 2.61. The lowest BCUT2D eigenvalue weighted by atomic mass is 10.2. The molecule has 0 aliphatic heterocycles. The molecular formula is C12H15N3S. The van der Waals surface area contributed by atoms with Crippen LogP contribution in [0, 0.1) is 0 Å². The summed E-state index contributed by atoms with van der Waals surface area (Å²) in [5, 5.41) is 0. The molecule has 2 aromatic rings. The fraction of sp³-hybridized carbons (Fsp3) is 0.250. The molecule has 0 spiro atoms. The molecule has 0 unspecified atom stereocenters. The molecule has 2 N–H and O–H groups in total. The molecule has 4 heteroatoms. The Hall–Kier alpha value is -1.26. The van der Waals surface area contributed by atoms with Gasteiger partial charge in [0.15, 0.2) is 0 Å². The summed E-state index contributed by atoms with van der Waals surface area (Å²) in [7, 11) is 0. The number of thioether (sulfide) groups is 1. The smallest absolute Gasteiger partial charge is 0.0994 e. The summed E-state index contributed by atoms with van der Waals surface area (Å²) < 4.78 is 2.02. The summed E-state index contributed by atoms with van der Waals surface area (Å²) in [4.78, 5) is 5.40. The lowest BCUT2D eigenvalue weighted by Gasteiger charge is -2.10. The third kappa shape index (κ3) is 2.13. The van der Waals surface area contributed by atoms with E-state index in [1.807, 2.05) is 17.7 Å². The zero-order valence-corrected chi connectivity index (χ0v) is 10.2. The monoisotopic (exact) mass is 233 g/mol. The standard InChI is InChI=1S/C12H15N3S/c1-9(13)12-7-14-8-15(12)10-3-5-11(16-2)6-4-10/h3-9H,13H2,1-2H3/t9-/m0/s1. The molecule has 0 aliphatic rings. The minimum atomic E-state index is -0.0114. The van der Waals surface area contributed by atoms with E-state index in [-0.39, 0.29) is 6.04 Å². The number of benzene rings is 1. The van der Waals surface area contributed by atoms with Crippen molar-refractivity contribution in [2.75, 3.05) is 6.26 Å². The van der Waals surface area contributed by atoms with Gasteiger partial charge in [-0.1, -0.05) is 0 Å². The normalized spacial score (nSPS) is 12.7. The van der Waals surface area contributed by atoms with E-state index in [0.717, 1.165) is 11.4 Å². The molecule has 0 bridgehead atoms. The van der Waals surface area contributed by atoms with E-state index < -0.39 is 0 Å². The van der Waals surface area contributed by atoms with Gasteiger partial charge in [-0.3, -0.25) is 0 Å². The molecule has 16 heavy (non-hydrogen) atoms. The Balaban J connectivity index is 2.38. The Labute approximate surface area is 99.7 Å². The van der Waals surface area contributed by atoms with Gasteiger partial charge < -0.3 is 10.3 Å². The van der Waals surface area contributed by atoms with E-state index in [0.29, 0.717) is 0 Å². The number of aromatic nitrogens is 2. The van der Waals surface area contributed by atoms with Gasteiger partial charge in [0.1, 0.15) is 0 Å². The van der Waals surface area contributed by atoms with Crippen molar-refractivity contribution >= 4 is 11.8 Å². The molecule has 0 fully saturated rings. The molecule has 0 aliphatic carbocycles. The van der Waals surface area contributed by atoms with Gasteiger partial charge in [0.25, 0.3) is 0 Å². The van der Waals surface area contributed by atoms with Gasteiger partial charge in [0.2, 0.25) is 0 Å². The van der Waals surface area contributed by atoms with Gasteiger partial charge >= 0.3 is 0 Å². The van der Waals surface area contributed by atoms with Crippen LogP contribution in [0.5, 0.6) is 0 Å².